The van der Waals surface area contributed by atoms with E-state index in [9.17, 15) is 31.1 Å². The van der Waals surface area contributed by atoms with Gasteiger partial charge < -0.3 is 5.11 Å². The fourth-order valence-corrected chi connectivity index (χ4v) is 1.83. The summed E-state index contributed by atoms with van der Waals surface area (Å²) in [5.74, 6) is -4.26. The molecule has 1 atom stereocenters. The van der Waals surface area contributed by atoms with Crippen molar-refractivity contribution in [3.8, 4) is 0 Å². The van der Waals surface area contributed by atoms with Crippen LogP contribution in [-0.2, 0) is 0 Å². The van der Waals surface area contributed by atoms with Crippen molar-refractivity contribution in [2.75, 3.05) is 0 Å². The highest BCUT2D eigenvalue weighted by molar-refractivity contribution is 6.30. The second kappa shape index (κ2) is 5.49. The lowest BCUT2D eigenvalue weighted by atomic mass is 9.82. The second-order valence-corrected chi connectivity index (χ2v) is 4.79. The van der Waals surface area contributed by atoms with Crippen molar-refractivity contribution in [1.82, 2.24) is 0 Å². The molecule has 0 radical (unpaired) electrons. The maximum absolute atomic E-state index is 12.6. The average Bonchev–Trinajstić information content (AvgIpc) is 2.34. The molecule has 1 unspecified atom stereocenters. The zero-order valence-corrected chi connectivity index (χ0v) is 11.1. The average molecular weight is 335 g/mol. The molecule has 1 rings (SSSR count). The molecule has 0 saturated heterocycles. The summed E-state index contributed by atoms with van der Waals surface area (Å²) < 4.78 is 75.9. The first kappa shape index (κ1) is 17.8. The molecule has 0 aliphatic heterocycles. The fourth-order valence-electron chi connectivity index (χ4n) is 1.71. The standard InChI is InChI=1S/C12H9ClF6O2/c1-6(9(20)7-2-4-8(13)5-3-7)10(21,11(14,15)16)12(17,18)19/h2-6,21H,1H3. The highest BCUT2D eigenvalue weighted by atomic mass is 35.5. The Bertz CT molecular complexity index is 506. The van der Waals surface area contributed by atoms with Gasteiger partial charge in [0.25, 0.3) is 5.60 Å². The van der Waals surface area contributed by atoms with E-state index in [-0.39, 0.29) is 5.02 Å². The molecule has 21 heavy (non-hydrogen) atoms. The Morgan fingerprint density at radius 3 is 1.76 bits per heavy atom. The van der Waals surface area contributed by atoms with E-state index < -0.39 is 35.2 Å². The minimum absolute atomic E-state index is 0.154. The third-order valence-electron chi connectivity index (χ3n) is 3.01. The topological polar surface area (TPSA) is 37.3 Å². The number of aliphatic hydroxyl groups is 1. The van der Waals surface area contributed by atoms with Crippen LogP contribution in [0.3, 0.4) is 0 Å². The van der Waals surface area contributed by atoms with Crippen molar-refractivity contribution in [3.05, 3.63) is 34.9 Å². The molecular weight excluding hydrogens is 326 g/mol. The number of hydrogen-bond donors (Lipinski definition) is 1. The predicted molar refractivity (Wildman–Crippen MR) is 62.0 cm³/mol. The number of benzene rings is 1. The number of hydrogen-bond acceptors (Lipinski definition) is 2. The van der Waals surface area contributed by atoms with E-state index in [0.717, 1.165) is 24.3 Å². The van der Waals surface area contributed by atoms with Crippen molar-refractivity contribution in [2.45, 2.75) is 24.9 Å². The number of halogens is 7. The third kappa shape index (κ3) is 3.16. The summed E-state index contributed by atoms with van der Waals surface area (Å²) in [5.41, 5.74) is -5.55. The number of ketones is 1. The third-order valence-corrected chi connectivity index (χ3v) is 3.27. The van der Waals surface area contributed by atoms with Gasteiger partial charge in [-0.2, -0.15) is 26.3 Å². The van der Waals surface area contributed by atoms with Gasteiger partial charge >= 0.3 is 12.4 Å². The van der Waals surface area contributed by atoms with Crippen molar-refractivity contribution in [2.24, 2.45) is 5.92 Å². The molecular formula is C12H9ClF6O2. The number of alkyl halides is 6. The molecule has 0 saturated carbocycles. The number of Topliss-reactive ketones (excluding diaryl/α,β-unsaturated/α-hetero) is 1. The number of carbonyl (C=O) groups is 1. The lowest BCUT2D eigenvalue weighted by Crippen LogP contribution is -2.62. The molecule has 1 N–H and O–H groups in total. The van der Waals surface area contributed by atoms with Gasteiger partial charge in [-0.05, 0) is 24.3 Å². The Morgan fingerprint density at radius 1 is 1.05 bits per heavy atom. The maximum atomic E-state index is 12.6. The Morgan fingerprint density at radius 2 is 1.43 bits per heavy atom. The van der Waals surface area contributed by atoms with Gasteiger partial charge in [-0.3, -0.25) is 4.79 Å². The lowest BCUT2D eigenvalue weighted by molar-refractivity contribution is -0.377. The molecule has 1 aromatic rings. The largest absolute Gasteiger partial charge is 0.427 e. The second-order valence-electron chi connectivity index (χ2n) is 4.35. The van der Waals surface area contributed by atoms with E-state index in [4.69, 9.17) is 16.7 Å². The SMILES string of the molecule is CC(C(=O)c1ccc(Cl)cc1)C(O)(C(F)(F)F)C(F)(F)F. The van der Waals surface area contributed by atoms with Crippen LogP contribution < -0.4 is 0 Å². The first-order valence-electron chi connectivity index (χ1n) is 5.48. The van der Waals surface area contributed by atoms with Gasteiger partial charge in [0.2, 0.25) is 0 Å². The van der Waals surface area contributed by atoms with Crippen LogP contribution in [0.25, 0.3) is 0 Å². The van der Waals surface area contributed by atoms with Gasteiger partial charge in [0, 0.05) is 10.6 Å². The van der Waals surface area contributed by atoms with Crippen LogP contribution in [-0.4, -0.2) is 28.8 Å². The summed E-state index contributed by atoms with van der Waals surface area (Å²) in [5, 5.41) is 9.30. The van der Waals surface area contributed by atoms with Gasteiger partial charge in [-0.25, -0.2) is 0 Å². The molecule has 0 heterocycles. The molecule has 0 fully saturated rings. The molecule has 0 aliphatic rings. The minimum Gasteiger partial charge on any atom is -0.373 e. The molecule has 0 bridgehead atoms. The first-order chi connectivity index (χ1) is 9.32. The summed E-state index contributed by atoms with van der Waals surface area (Å²) in [4.78, 5) is 11.8. The molecule has 2 nitrogen and oxygen atoms in total. The molecule has 0 spiro atoms. The van der Waals surface area contributed by atoms with Crippen molar-refractivity contribution >= 4 is 17.4 Å². The molecule has 0 aliphatic carbocycles. The zero-order valence-electron chi connectivity index (χ0n) is 10.4. The molecule has 0 amide bonds. The van der Waals surface area contributed by atoms with Gasteiger partial charge in [-0.1, -0.05) is 18.5 Å². The van der Waals surface area contributed by atoms with Crippen LogP contribution in [0.1, 0.15) is 17.3 Å². The summed E-state index contributed by atoms with van der Waals surface area (Å²) >= 11 is 5.51. The quantitative estimate of drug-likeness (QED) is 0.670. The summed E-state index contributed by atoms with van der Waals surface area (Å²) in [6.45, 7) is 0.373. The van der Waals surface area contributed by atoms with Crippen LogP contribution in [0.2, 0.25) is 5.02 Å². The van der Waals surface area contributed by atoms with Crippen molar-refractivity contribution < 1.29 is 36.2 Å². The van der Waals surface area contributed by atoms with Crippen LogP contribution in [0.5, 0.6) is 0 Å². The molecule has 1 aromatic carbocycles. The smallest absolute Gasteiger partial charge is 0.373 e. The van der Waals surface area contributed by atoms with Crippen LogP contribution in [0.4, 0.5) is 26.3 Å². The Hall–Kier alpha value is -1.28. The van der Waals surface area contributed by atoms with Crippen LogP contribution in [0, 0.1) is 5.92 Å². The normalized spacial score (nSPS) is 14.9. The Balaban J connectivity index is 3.27. The zero-order chi connectivity index (χ0) is 16.6. The fraction of sp³-hybridized carbons (Fsp3) is 0.417. The van der Waals surface area contributed by atoms with E-state index in [0.29, 0.717) is 6.92 Å². The summed E-state index contributed by atoms with van der Waals surface area (Å²) in [7, 11) is 0. The minimum atomic E-state index is -6.05. The van der Waals surface area contributed by atoms with Crippen molar-refractivity contribution in [1.29, 1.82) is 0 Å². The Labute approximate surface area is 120 Å². The van der Waals surface area contributed by atoms with Gasteiger partial charge in [0.1, 0.15) is 0 Å². The summed E-state index contributed by atoms with van der Waals surface area (Å²) in [6, 6.07) is 4.24. The van der Waals surface area contributed by atoms with E-state index in [1.165, 1.54) is 0 Å². The van der Waals surface area contributed by atoms with Gasteiger partial charge in [0.05, 0.1) is 5.92 Å². The molecule has 9 heteroatoms. The number of carbonyl (C=O) groups excluding carboxylic acids is 1. The molecule has 118 valence electrons. The predicted octanol–water partition coefficient (Wildman–Crippen LogP) is 4.01. The van der Waals surface area contributed by atoms with E-state index in [1.807, 2.05) is 0 Å². The first-order valence-corrected chi connectivity index (χ1v) is 5.85. The molecule has 0 aromatic heterocycles. The van der Waals surface area contributed by atoms with E-state index >= 15 is 0 Å². The highest BCUT2D eigenvalue weighted by Crippen LogP contribution is 2.48. The van der Waals surface area contributed by atoms with Crippen LogP contribution in [0.15, 0.2) is 24.3 Å². The van der Waals surface area contributed by atoms with Crippen LogP contribution >= 0.6 is 11.6 Å². The number of rotatable bonds is 3. The van der Waals surface area contributed by atoms with Crippen molar-refractivity contribution in [3.63, 3.8) is 0 Å². The van der Waals surface area contributed by atoms with Gasteiger partial charge in [-0.15, -0.1) is 0 Å². The van der Waals surface area contributed by atoms with E-state index in [2.05, 4.69) is 0 Å². The van der Waals surface area contributed by atoms with Gasteiger partial charge in [0.15, 0.2) is 5.78 Å². The van der Waals surface area contributed by atoms with E-state index in [1.54, 1.807) is 0 Å². The maximum Gasteiger partial charge on any atom is 0.427 e. The Kier molecular flexibility index (Phi) is 4.65. The lowest BCUT2D eigenvalue weighted by Gasteiger charge is -2.36. The monoisotopic (exact) mass is 334 g/mol. The highest BCUT2D eigenvalue weighted by Gasteiger charge is 2.74. The summed E-state index contributed by atoms with van der Waals surface area (Å²) in [6.07, 6.45) is -12.1.